The van der Waals surface area contributed by atoms with Gasteiger partial charge >= 0.3 is 6.03 Å². The number of anilines is 1. The number of hydrogen-bond acceptors (Lipinski definition) is 2. The minimum atomic E-state index is -0.325. The van der Waals surface area contributed by atoms with E-state index in [9.17, 15) is 9.18 Å². The summed E-state index contributed by atoms with van der Waals surface area (Å²) in [5.41, 5.74) is 0.563. The number of rotatable bonds is 3. The molecule has 98 valence electrons. The highest BCUT2D eigenvalue weighted by molar-refractivity contribution is 5.89. The number of nitrogens with one attached hydrogen (secondary N) is 2. The van der Waals surface area contributed by atoms with E-state index in [2.05, 4.69) is 10.6 Å². The topological polar surface area (TPSA) is 50.4 Å². The fourth-order valence-corrected chi connectivity index (χ4v) is 2.00. The zero-order valence-electron chi connectivity index (χ0n) is 10.3. The summed E-state index contributed by atoms with van der Waals surface area (Å²) in [4.78, 5) is 11.7. The summed E-state index contributed by atoms with van der Waals surface area (Å²) >= 11 is 0. The van der Waals surface area contributed by atoms with Crippen LogP contribution < -0.4 is 10.6 Å². The van der Waals surface area contributed by atoms with E-state index in [1.54, 1.807) is 0 Å². The van der Waals surface area contributed by atoms with Gasteiger partial charge in [-0.2, -0.15) is 0 Å². The normalized spacial score (nSPS) is 20.4. The summed E-state index contributed by atoms with van der Waals surface area (Å²) < 4.78 is 18.2. The summed E-state index contributed by atoms with van der Waals surface area (Å²) in [6.45, 7) is 2.68. The van der Waals surface area contributed by atoms with Gasteiger partial charge in [0.1, 0.15) is 5.82 Å². The van der Waals surface area contributed by atoms with E-state index in [0.29, 0.717) is 5.69 Å². The molecule has 0 aromatic heterocycles. The monoisotopic (exact) mass is 252 g/mol. The smallest absolute Gasteiger partial charge is 0.319 e. The highest BCUT2D eigenvalue weighted by Crippen LogP contribution is 2.15. The van der Waals surface area contributed by atoms with Crippen molar-refractivity contribution >= 4 is 11.7 Å². The van der Waals surface area contributed by atoms with Crippen LogP contribution in [0.25, 0.3) is 0 Å². The molecule has 2 amide bonds. The van der Waals surface area contributed by atoms with Crippen LogP contribution in [-0.2, 0) is 4.74 Å². The summed E-state index contributed by atoms with van der Waals surface area (Å²) in [6.07, 6.45) is 2.10. The molecule has 5 heteroatoms. The van der Waals surface area contributed by atoms with Crippen LogP contribution in [0.5, 0.6) is 0 Å². The molecule has 1 aromatic carbocycles. The van der Waals surface area contributed by atoms with Gasteiger partial charge in [-0.15, -0.1) is 0 Å². The first-order valence-electron chi connectivity index (χ1n) is 6.10. The maximum atomic E-state index is 12.7. The van der Waals surface area contributed by atoms with Crippen molar-refractivity contribution < 1.29 is 13.9 Å². The second-order valence-electron chi connectivity index (χ2n) is 4.45. The Balaban J connectivity index is 1.82. The molecule has 0 unspecified atom stereocenters. The number of ether oxygens (including phenoxy) is 1. The first-order chi connectivity index (χ1) is 8.65. The highest BCUT2D eigenvalue weighted by Gasteiger charge is 2.23. The fourth-order valence-electron chi connectivity index (χ4n) is 2.00. The van der Waals surface area contributed by atoms with Gasteiger partial charge in [-0.25, -0.2) is 9.18 Å². The summed E-state index contributed by atoms with van der Waals surface area (Å²) in [7, 11) is 0. The van der Waals surface area contributed by atoms with Crippen LogP contribution >= 0.6 is 0 Å². The molecule has 1 saturated heterocycles. The number of carbonyl (C=O) groups excluding carboxylic acids is 1. The lowest BCUT2D eigenvalue weighted by Gasteiger charge is -2.20. The molecule has 1 fully saturated rings. The van der Waals surface area contributed by atoms with E-state index in [-0.39, 0.29) is 24.0 Å². The van der Waals surface area contributed by atoms with Gasteiger partial charge in [-0.3, -0.25) is 0 Å². The van der Waals surface area contributed by atoms with Gasteiger partial charge in [0.25, 0.3) is 0 Å². The van der Waals surface area contributed by atoms with Crippen molar-refractivity contribution in [2.75, 3.05) is 11.9 Å². The van der Waals surface area contributed by atoms with Crippen molar-refractivity contribution in [1.29, 1.82) is 0 Å². The zero-order chi connectivity index (χ0) is 13.0. The van der Waals surface area contributed by atoms with Crippen molar-refractivity contribution in [2.45, 2.75) is 31.9 Å². The zero-order valence-corrected chi connectivity index (χ0v) is 10.3. The van der Waals surface area contributed by atoms with E-state index in [0.717, 1.165) is 19.4 Å². The molecule has 1 aliphatic heterocycles. The number of halogens is 1. The van der Waals surface area contributed by atoms with E-state index in [1.807, 2.05) is 6.92 Å². The average molecular weight is 252 g/mol. The third kappa shape index (κ3) is 3.43. The number of urea groups is 1. The summed E-state index contributed by atoms with van der Waals surface area (Å²) in [5, 5.41) is 5.47. The van der Waals surface area contributed by atoms with Crippen LogP contribution in [0.2, 0.25) is 0 Å². The predicted octanol–water partition coefficient (Wildman–Crippen LogP) is 2.51. The standard InChI is InChI=1S/C13H17FN2O2/c1-9(12-3-2-8-18-12)15-13(17)16-11-6-4-10(14)5-7-11/h4-7,9,12H,2-3,8H2,1H3,(H2,15,16,17)/t9-,12+/m1/s1. The Bertz CT molecular complexity index is 402. The minimum Gasteiger partial charge on any atom is -0.376 e. The van der Waals surface area contributed by atoms with E-state index in [4.69, 9.17) is 4.74 Å². The Kier molecular flexibility index (Phi) is 4.15. The maximum Gasteiger partial charge on any atom is 0.319 e. The first-order valence-corrected chi connectivity index (χ1v) is 6.10. The molecule has 0 aliphatic carbocycles. The predicted molar refractivity (Wildman–Crippen MR) is 67.0 cm³/mol. The Morgan fingerprint density at radius 3 is 2.78 bits per heavy atom. The van der Waals surface area contributed by atoms with Gasteiger partial charge in [0.2, 0.25) is 0 Å². The van der Waals surface area contributed by atoms with Gasteiger partial charge < -0.3 is 15.4 Å². The summed E-state index contributed by atoms with van der Waals surface area (Å²) in [6, 6.07) is 5.31. The third-order valence-corrected chi connectivity index (χ3v) is 2.98. The molecule has 0 radical (unpaired) electrons. The first kappa shape index (κ1) is 12.8. The van der Waals surface area contributed by atoms with Crippen LogP contribution in [0.3, 0.4) is 0 Å². The molecule has 4 nitrogen and oxygen atoms in total. The molecule has 2 N–H and O–H groups in total. The SMILES string of the molecule is C[C@@H](NC(=O)Nc1ccc(F)cc1)[C@@H]1CCCO1. The molecule has 0 bridgehead atoms. The quantitative estimate of drug-likeness (QED) is 0.868. The highest BCUT2D eigenvalue weighted by atomic mass is 19.1. The molecule has 1 aromatic rings. The van der Waals surface area contributed by atoms with Gasteiger partial charge in [0.15, 0.2) is 0 Å². The van der Waals surface area contributed by atoms with Crippen LogP contribution in [0, 0.1) is 5.82 Å². The van der Waals surface area contributed by atoms with Crippen molar-refractivity contribution in [3.05, 3.63) is 30.1 Å². The Morgan fingerprint density at radius 2 is 2.17 bits per heavy atom. The number of hydrogen-bond donors (Lipinski definition) is 2. The van der Waals surface area contributed by atoms with Crippen LogP contribution in [0.4, 0.5) is 14.9 Å². The summed E-state index contributed by atoms with van der Waals surface area (Å²) in [5.74, 6) is -0.325. The fraction of sp³-hybridized carbons (Fsp3) is 0.462. The second kappa shape index (κ2) is 5.82. The lowest BCUT2D eigenvalue weighted by molar-refractivity contribution is 0.0868. The molecule has 18 heavy (non-hydrogen) atoms. The van der Waals surface area contributed by atoms with Crippen molar-refractivity contribution in [3.8, 4) is 0 Å². The third-order valence-electron chi connectivity index (χ3n) is 2.98. The van der Waals surface area contributed by atoms with Crippen molar-refractivity contribution in [2.24, 2.45) is 0 Å². The van der Waals surface area contributed by atoms with Crippen LogP contribution in [0.15, 0.2) is 24.3 Å². The molecule has 1 aliphatic rings. The van der Waals surface area contributed by atoms with Crippen molar-refractivity contribution in [1.82, 2.24) is 5.32 Å². The average Bonchev–Trinajstić information content (AvgIpc) is 2.85. The largest absolute Gasteiger partial charge is 0.376 e. The molecule has 0 saturated carbocycles. The van der Waals surface area contributed by atoms with Crippen LogP contribution in [-0.4, -0.2) is 24.8 Å². The van der Waals surface area contributed by atoms with Crippen LogP contribution in [0.1, 0.15) is 19.8 Å². The van der Waals surface area contributed by atoms with Gasteiger partial charge in [-0.05, 0) is 44.0 Å². The van der Waals surface area contributed by atoms with Gasteiger partial charge in [0, 0.05) is 12.3 Å². The number of amides is 2. The molecule has 2 atom stereocenters. The Hall–Kier alpha value is -1.62. The second-order valence-corrected chi connectivity index (χ2v) is 4.45. The molecule has 0 spiro atoms. The Morgan fingerprint density at radius 1 is 1.44 bits per heavy atom. The molecular weight excluding hydrogens is 235 g/mol. The lowest BCUT2D eigenvalue weighted by atomic mass is 10.1. The number of carbonyl (C=O) groups is 1. The van der Waals surface area contributed by atoms with E-state index in [1.165, 1.54) is 24.3 Å². The van der Waals surface area contributed by atoms with Gasteiger partial charge in [-0.1, -0.05) is 0 Å². The molecule has 1 heterocycles. The molecule has 2 rings (SSSR count). The maximum absolute atomic E-state index is 12.7. The van der Waals surface area contributed by atoms with Crippen molar-refractivity contribution in [3.63, 3.8) is 0 Å². The van der Waals surface area contributed by atoms with E-state index < -0.39 is 0 Å². The molecular formula is C13H17FN2O2. The Labute approximate surface area is 106 Å². The van der Waals surface area contributed by atoms with Gasteiger partial charge in [0.05, 0.1) is 12.1 Å². The minimum absolute atomic E-state index is 0.0343. The lowest BCUT2D eigenvalue weighted by Crippen LogP contribution is -2.42. The van der Waals surface area contributed by atoms with E-state index >= 15 is 0 Å². The number of benzene rings is 1.